The number of aliphatic hydroxyl groups excluding tert-OH is 1. The molecular weight excluding hydrogens is 280 g/mol. The van der Waals surface area contributed by atoms with Gasteiger partial charge in [0, 0.05) is 12.6 Å². The third kappa shape index (κ3) is 18.3. The Morgan fingerprint density at radius 1 is 1.24 bits per heavy atom. The predicted molar refractivity (Wildman–Crippen MR) is 78.4 cm³/mol. The molecule has 21 heavy (non-hydrogen) atoms. The van der Waals surface area contributed by atoms with Gasteiger partial charge in [-0.15, -0.1) is 0 Å². The molecule has 0 aromatic rings. The predicted octanol–water partition coefficient (Wildman–Crippen LogP) is 0.694. The van der Waals surface area contributed by atoms with Crippen molar-refractivity contribution in [2.75, 3.05) is 13.2 Å². The Kier molecular flexibility index (Phi) is 13.7. The summed E-state index contributed by atoms with van der Waals surface area (Å²) < 4.78 is 0. The molecule has 0 aliphatic rings. The Labute approximate surface area is 124 Å². The molecular formula is C13H26N2O6. The molecule has 0 aliphatic carbocycles. The minimum atomic E-state index is -1.82. The highest BCUT2D eigenvalue weighted by Crippen LogP contribution is 1.93. The quantitative estimate of drug-likeness (QED) is 0.295. The third-order valence-electron chi connectivity index (χ3n) is 2.04. The lowest BCUT2D eigenvalue weighted by atomic mass is 10.2. The van der Waals surface area contributed by atoms with E-state index in [9.17, 15) is 5.11 Å². The Bertz CT molecular complexity index is 319. The SMILES string of the molecule is CCC/C(C)=N\OCC(O)CNC(C)C.O=C(O)C(=O)O. The van der Waals surface area contributed by atoms with Gasteiger partial charge < -0.3 is 25.5 Å². The summed E-state index contributed by atoms with van der Waals surface area (Å²) in [4.78, 5) is 23.2. The topological polar surface area (TPSA) is 128 Å². The van der Waals surface area contributed by atoms with Gasteiger partial charge in [0.2, 0.25) is 0 Å². The fourth-order valence-electron chi connectivity index (χ4n) is 1.07. The van der Waals surface area contributed by atoms with E-state index in [0.717, 1.165) is 18.6 Å². The third-order valence-corrected chi connectivity index (χ3v) is 2.04. The maximum Gasteiger partial charge on any atom is 0.414 e. The lowest BCUT2D eigenvalue weighted by molar-refractivity contribution is -0.159. The van der Waals surface area contributed by atoms with Crippen molar-refractivity contribution in [3.63, 3.8) is 0 Å². The zero-order valence-electron chi connectivity index (χ0n) is 13.0. The molecule has 0 rings (SSSR count). The standard InChI is InChI=1S/C11H24N2O2.C2H2O4/c1-5-6-10(4)13-15-8-11(14)7-12-9(2)3;3-1(4)2(5)6/h9,11-12,14H,5-8H2,1-4H3;(H,3,4)(H,5,6)/b13-10-;. The first-order valence-corrected chi connectivity index (χ1v) is 6.73. The van der Waals surface area contributed by atoms with E-state index in [-0.39, 0.29) is 6.61 Å². The van der Waals surface area contributed by atoms with E-state index in [1.807, 2.05) is 20.8 Å². The van der Waals surface area contributed by atoms with Crippen molar-refractivity contribution >= 4 is 17.7 Å². The Hall–Kier alpha value is -1.67. The average molecular weight is 306 g/mol. The highest BCUT2D eigenvalue weighted by atomic mass is 16.6. The molecule has 124 valence electrons. The molecule has 1 unspecified atom stereocenters. The monoisotopic (exact) mass is 306 g/mol. The van der Waals surface area contributed by atoms with Gasteiger partial charge in [-0.05, 0) is 13.3 Å². The number of hydrogen-bond acceptors (Lipinski definition) is 6. The zero-order valence-corrected chi connectivity index (χ0v) is 13.0. The van der Waals surface area contributed by atoms with Crippen LogP contribution in [-0.2, 0) is 14.4 Å². The molecule has 0 fully saturated rings. The number of carboxylic acid groups (broad SMARTS) is 2. The number of rotatable bonds is 8. The fourth-order valence-corrected chi connectivity index (χ4v) is 1.07. The van der Waals surface area contributed by atoms with Crippen molar-refractivity contribution < 1.29 is 29.7 Å². The fraction of sp³-hybridized carbons (Fsp3) is 0.769. The molecule has 1 atom stereocenters. The summed E-state index contributed by atoms with van der Waals surface area (Å²) in [7, 11) is 0. The number of nitrogens with zero attached hydrogens (tertiary/aromatic N) is 1. The second kappa shape index (κ2) is 13.3. The summed E-state index contributed by atoms with van der Waals surface area (Å²) in [6.45, 7) is 8.90. The Balaban J connectivity index is 0. The second-order valence-electron chi connectivity index (χ2n) is 4.70. The van der Waals surface area contributed by atoms with E-state index in [2.05, 4.69) is 17.4 Å². The van der Waals surface area contributed by atoms with Crippen molar-refractivity contribution in [1.82, 2.24) is 5.32 Å². The van der Waals surface area contributed by atoms with Crippen LogP contribution >= 0.6 is 0 Å². The van der Waals surface area contributed by atoms with Crippen LogP contribution in [0.15, 0.2) is 5.16 Å². The molecule has 0 aromatic carbocycles. The molecule has 8 nitrogen and oxygen atoms in total. The lowest BCUT2D eigenvalue weighted by Gasteiger charge is -2.12. The van der Waals surface area contributed by atoms with Crippen LogP contribution in [0.25, 0.3) is 0 Å². The highest BCUT2D eigenvalue weighted by Gasteiger charge is 2.05. The molecule has 0 radical (unpaired) electrons. The minimum absolute atomic E-state index is 0.251. The first kappa shape index (κ1) is 21.6. The van der Waals surface area contributed by atoms with Crippen LogP contribution in [0.3, 0.4) is 0 Å². The molecule has 8 heteroatoms. The molecule has 0 heterocycles. The largest absolute Gasteiger partial charge is 0.473 e. The normalized spacial score (nSPS) is 12.4. The summed E-state index contributed by atoms with van der Waals surface area (Å²) in [6, 6.07) is 0.380. The summed E-state index contributed by atoms with van der Waals surface area (Å²) in [5, 5.41) is 31.3. The molecule has 0 saturated carbocycles. The minimum Gasteiger partial charge on any atom is -0.473 e. The summed E-state index contributed by atoms with van der Waals surface area (Å²) in [6.07, 6.45) is 1.52. The number of hydrogen-bond donors (Lipinski definition) is 4. The Morgan fingerprint density at radius 3 is 2.14 bits per heavy atom. The number of nitrogens with one attached hydrogen (secondary N) is 1. The van der Waals surface area contributed by atoms with Crippen LogP contribution in [0.2, 0.25) is 0 Å². The number of carboxylic acids is 2. The van der Waals surface area contributed by atoms with Crippen molar-refractivity contribution in [3.05, 3.63) is 0 Å². The number of aliphatic hydroxyl groups is 1. The summed E-state index contributed by atoms with van der Waals surface area (Å²) in [5.41, 5.74) is 0.974. The first-order chi connectivity index (χ1) is 9.70. The molecule has 0 amide bonds. The molecule has 0 aliphatic heterocycles. The highest BCUT2D eigenvalue weighted by molar-refractivity contribution is 6.27. The van der Waals surface area contributed by atoms with Gasteiger partial charge in [-0.2, -0.15) is 0 Å². The van der Waals surface area contributed by atoms with Gasteiger partial charge in [0.25, 0.3) is 0 Å². The number of aliphatic carboxylic acids is 2. The lowest BCUT2D eigenvalue weighted by Crippen LogP contribution is -2.34. The molecule has 0 aromatic heterocycles. The maximum atomic E-state index is 9.48. The summed E-state index contributed by atoms with van der Waals surface area (Å²) >= 11 is 0. The smallest absolute Gasteiger partial charge is 0.414 e. The van der Waals surface area contributed by atoms with Crippen LogP contribution in [0, 0.1) is 0 Å². The van der Waals surface area contributed by atoms with Crippen molar-refractivity contribution in [2.45, 2.75) is 52.7 Å². The number of oxime groups is 1. The molecule has 0 bridgehead atoms. The van der Waals surface area contributed by atoms with E-state index in [1.54, 1.807) is 0 Å². The van der Waals surface area contributed by atoms with Crippen LogP contribution in [-0.4, -0.2) is 58.3 Å². The van der Waals surface area contributed by atoms with E-state index in [0.29, 0.717) is 12.6 Å². The van der Waals surface area contributed by atoms with E-state index in [4.69, 9.17) is 24.6 Å². The number of carbonyl (C=O) groups is 2. The maximum absolute atomic E-state index is 9.48. The van der Waals surface area contributed by atoms with Crippen molar-refractivity contribution in [1.29, 1.82) is 0 Å². The average Bonchev–Trinajstić information content (AvgIpc) is 2.37. The van der Waals surface area contributed by atoms with Crippen LogP contribution < -0.4 is 5.32 Å². The van der Waals surface area contributed by atoms with E-state index in [1.165, 1.54) is 0 Å². The van der Waals surface area contributed by atoms with Crippen LogP contribution in [0.5, 0.6) is 0 Å². The second-order valence-corrected chi connectivity index (χ2v) is 4.70. The molecule has 4 N–H and O–H groups in total. The van der Waals surface area contributed by atoms with Crippen molar-refractivity contribution in [2.24, 2.45) is 5.16 Å². The van der Waals surface area contributed by atoms with E-state index < -0.39 is 18.0 Å². The van der Waals surface area contributed by atoms with Gasteiger partial charge in [0.1, 0.15) is 12.7 Å². The summed E-state index contributed by atoms with van der Waals surface area (Å²) in [5.74, 6) is -3.65. The van der Waals surface area contributed by atoms with E-state index >= 15 is 0 Å². The first-order valence-electron chi connectivity index (χ1n) is 6.73. The molecule has 0 spiro atoms. The molecule has 0 saturated heterocycles. The Morgan fingerprint density at radius 2 is 1.76 bits per heavy atom. The van der Waals surface area contributed by atoms with Gasteiger partial charge in [-0.1, -0.05) is 32.3 Å². The van der Waals surface area contributed by atoms with Gasteiger partial charge in [0.15, 0.2) is 0 Å². The van der Waals surface area contributed by atoms with Gasteiger partial charge >= 0.3 is 11.9 Å². The van der Waals surface area contributed by atoms with Gasteiger partial charge in [0.05, 0.1) is 5.71 Å². The van der Waals surface area contributed by atoms with Crippen LogP contribution in [0.1, 0.15) is 40.5 Å². The van der Waals surface area contributed by atoms with Crippen LogP contribution in [0.4, 0.5) is 0 Å². The van der Waals surface area contributed by atoms with Gasteiger partial charge in [-0.3, -0.25) is 0 Å². The zero-order chi connectivity index (χ0) is 16.8. The van der Waals surface area contributed by atoms with Crippen molar-refractivity contribution in [3.8, 4) is 0 Å². The van der Waals surface area contributed by atoms with Gasteiger partial charge in [-0.25, -0.2) is 9.59 Å².